The third-order valence-electron chi connectivity index (χ3n) is 4.45. The van der Waals surface area contributed by atoms with Gasteiger partial charge in [0.1, 0.15) is 17.6 Å². The van der Waals surface area contributed by atoms with Crippen LogP contribution in [-0.2, 0) is 6.54 Å². The monoisotopic (exact) mass is 364 g/mol. The molecule has 0 radical (unpaired) electrons. The first-order valence-electron chi connectivity index (χ1n) is 8.34. The quantitative estimate of drug-likeness (QED) is 0.548. The molecule has 0 bridgehead atoms. The second kappa shape index (κ2) is 6.56. The first-order valence-corrected chi connectivity index (χ1v) is 8.34. The number of nitrogens with zero attached hydrogens (tertiary/aromatic N) is 3. The van der Waals surface area contributed by atoms with Gasteiger partial charge < -0.3 is 14.6 Å². The molecule has 0 aliphatic carbocycles. The number of nitrogens with one attached hydrogen (secondary N) is 1. The van der Waals surface area contributed by atoms with Crippen LogP contribution in [0.3, 0.4) is 0 Å². The predicted molar refractivity (Wildman–Crippen MR) is 97.0 cm³/mol. The van der Waals surface area contributed by atoms with Gasteiger partial charge in [-0.1, -0.05) is 6.07 Å². The highest BCUT2D eigenvalue weighted by Crippen LogP contribution is 2.36. The number of hydrogen-bond donors (Lipinski definition) is 1. The van der Waals surface area contributed by atoms with Gasteiger partial charge in [-0.3, -0.25) is 19.9 Å². The van der Waals surface area contributed by atoms with Crippen LogP contribution in [0.2, 0.25) is 0 Å². The third-order valence-corrected chi connectivity index (χ3v) is 4.45. The number of carbonyl (C=O) groups is 1. The predicted octanol–water partition coefficient (Wildman–Crippen LogP) is 3.66. The van der Waals surface area contributed by atoms with Crippen LogP contribution in [0.25, 0.3) is 0 Å². The van der Waals surface area contributed by atoms with E-state index in [1.165, 1.54) is 12.3 Å². The zero-order valence-corrected chi connectivity index (χ0v) is 14.5. The van der Waals surface area contributed by atoms with Gasteiger partial charge in [0.05, 0.1) is 29.0 Å². The lowest BCUT2D eigenvalue weighted by molar-refractivity contribution is -0.384. The van der Waals surface area contributed by atoms with Crippen molar-refractivity contribution in [2.45, 2.75) is 19.6 Å². The minimum atomic E-state index is -0.639. The smallest absolute Gasteiger partial charge is 0.292 e. The van der Waals surface area contributed by atoms with Gasteiger partial charge in [0.25, 0.3) is 11.6 Å². The van der Waals surface area contributed by atoms with E-state index >= 15 is 0 Å². The molecule has 0 saturated carbocycles. The maximum atomic E-state index is 12.9. The number of furan rings is 1. The molecule has 8 nitrogen and oxygen atoms in total. The molecule has 1 aliphatic heterocycles. The van der Waals surface area contributed by atoms with Crippen LogP contribution in [0.5, 0.6) is 0 Å². The van der Waals surface area contributed by atoms with Gasteiger partial charge in [0.15, 0.2) is 0 Å². The molecule has 136 valence electrons. The van der Waals surface area contributed by atoms with Crippen molar-refractivity contribution < 1.29 is 14.1 Å². The van der Waals surface area contributed by atoms with E-state index in [-0.39, 0.29) is 18.1 Å². The number of anilines is 1. The van der Waals surface area contributed by atoms with Crippen molar-refractivity contribution in [1.29, 1.82) is 0 Å². The Morgan fingerprint density at radius 3 is 2.89 bits per heavy atom. The molecule has 3 heterocycles. The molecule has 0 saturated heterocycles. The van der Waals surface area contributed by atoms with Crippen molar-refractivity contribution in [2.75, 3.05) is 5.32 Å². The molecule has 27 heavy (non-hydrogen) atoms. The zero-order chi connectivity index (χ0) is 19.0. The maximum Gasteiger partial charge on any atom is 0.292 e. The molecule has 0 fully saturated rings. The van der Waals surface area contributed by atoms with E-state index in [1.807, 2.05) is 0 Å². The number of aryl methyl sites for hydroxylation is 1. The van der Waals surface area contributed by atoms with Gasteiger partial charge >= 0.3 is 0 Å². The molecular weight excluding hydrogens is 348 g/mol. The van der Waals surface area contributed by atoms with Crippen molar-refractivity contribution in [3.8, 4) is 0 Å². The highest BCUT2D eigenvalue weighted by atomic mass is 16.6. The Hall–Kier alpha value is -3.68. The lowest BCUT2D eigenvalue weighted by atomic mass is 10.1. The highest BCUT2D eigenvalue weighted by molar-refractivity contribution is 5.99. The number of carbonyl (C=O) groups excluding carboxylic acids is 1. The molecule has 0 spiro atoms. The van der Waals surface area contributed by atoms with E-state index in [1.54, 1.807) is 54.4 Å². The standard InChI is InChI=1S/C19H16N4O4/c1-12-6-7-15(16(10-12)23(25)26)21-18-17-14(5-2-8-20-17)19(24)22(18)11-13-4-3-9-27-13/h2-10,18,21H,11H2,1H3/t18-/m0/s1. The van der Waals surface area contributed by atoms with Crippen LogP contribution < -0.4 is 5.32 Å². The zero-order valence-electron chi connectivity index (χ0n) is 14.5. The fourth-order valence-corrected chi connectivity index (χ4v) is 3.18. The lowest BCUT2D eigenvalue weighted by Crippen LogP contribution is -2.32. The first-order chi connectivity index (χ1) is 13.0. The summed E-state index contributed by atoms with van der Waals surface area (Å²) in [5, 5.41) is 14.6. The Bertz CT molecular complexity index is 1020. The second-order valence-electron chi connectivity index (χ2n) is 6.27. The Balaban J connectivity index is 1.74. The minimum absolute atomic E-state index is 0.0511. The van der Waals surface area contributed by atoms with Gasteiger partial charge in [-0.05, 0) is 42.8 Å². The number of rotatable bonds is 5. The molecule has 2 aromatic heterocycles. The number of fused-ring (bicyclic) bond motifs is 1. The molecule has 0 unspecified atom stereocenters. The Morgan fingerprint density at radius 2 is 2.15 bits per heavy atom. The van der Waals surface area contributed by atoms with Crippen molar-refractivity contribution in [2.24, 2.45) is 0 Å². The van der Waals surface area contributed by atoms with E-state index in [4.69, 9.17) is 4.42 Å². The third kappa shape index (κ3) is 3.01. The number of nitro benzene ring substituents is 1. The maximum absolute atomic E-state index is 12.9. The van der Waals surface area contributed by atoms with Crippen molar-refractivity contribution in [3.05, 3.63) is 87.6 Å². The topological polar surface area (TPSA) is 102 Å². The molecule has 1 aliphatic rings. The summed E-state index contributed by atoms with van der Waals surface area (Å²) in [6, 6.07) is 11.8. The second-order valence-corrected chi connectivity index (χ2v) is 6.27. The summed E-state index contributed by atoms with van der Waals surface area (Å²) in [6.45, 7) is 2.01. The minimum Gasteiger partial charge on any atom is -0.467 e. The largest absolute Gasteiger partial charge is 0.467 e. The molecule has 3 aromatic rings. The first kappa shape index (κ1) is 16.8. The fraction of sp³-hybridized carbons (Fsp3) is 0.158. The van der Waals surface area contributed by atoms with Crippen LogP contribution in [0.1, 0.15) is 33.5 Å². The normalized spacial score (nSPS) is 15.7. The van der Waals surface area contributed by atoms with Gasteiger partial charge in [-0.25, -0.2) is 0 Å². The summed E-state index contributed by atoms with van der Waals surface area (Å²) in [6.07, 6.45) is 2.50. The van der Waals surface area contributed by atoms with E-state index in [0.717, 1.165) is 5.56 Å². The van der Waals surface area contributed by atoms with Crippen molar-refractivity contribution in [1.82, 2.24) is 9.88 Å². The number of benzene rings is 1. The number of pyridine rings is 1. The Labute approximate surface area is 154 Å². The molecule has 4 rings (SSSR count). The highest BCUT2D eigenvalue weighted by Gasteiger charge is 2.39. The van der Waals surface area contributed by atoms with Crippen molar-refractivity contribution >= 4 is 17.3 Å². The van der Waals surface area contributed by atoms with Gasteiger partial charge in [-0.15, -0.1) is 0 Å². The summed E-state index contributed by atoms with van der Waals surface area (Å²) < 4.78 is 5.37. The summed E-state index contributed by atoms with van der Waals surface area (Å²) >= 11 is 0. The van der Waals surface area contributed by atoms with E-state index in [0.29, 0.717) is 22.7 Å². The van der Waals surface area contributed by atoms with Crippen LogP contribution in [0.4, 0.5) is 11.4 Å². The molecule has 1 amide bonds. The number of amides is 1. The fourth-order valence-electron chi connectivity index (χ4n) is 3.18. The summed E-state index contributed by atoms with van der Waals surface area (Å²) in [5.41, 5.74) is 2.05. The van der Waals surface area contributed by atoms with Crippen LogP contribution in [0, 0.1) is 17.0 Å². The summed E-state index contributed by atoms with van der Waals surface area (Å²) in [5.74, 6) is 0.406. The molecule has 1 atom stereocenters. The number of nitro groups is 1. The summed E-state index contributed by atoms with van der Waals surface area (Å²) in [7, 11) is 0. The van der Waals surface area contributed by atoms with E-state index in [2.05, 4.69) is 10.3 Å². The summed E-state index contributed by atoms with van der Waals surface area (Å²) in [4.78, 5) is 29.8. The lowest BCUT2D eigenvalue weighted by Gasteiger charge is -2.25. The average molecular weight is 364 g/mol. The average Bonchev–Trinajstić information content (AvgIpc) is 3.26. The number of hydrogen-bond acceptors (Lipinski definition) is 6. The van der Waals surface area contributed by atoms with Gasteiger partial charge in [0.2, 0.25) is 0 Å². The van der Waals surface area contributed by atoms with Gasteiger partial charge in [-0.2, -0.15) is 0 Å². The van der Waals surface area contributed by atoms with Crippen LogP contribution in [-0.4, -0.2) is 20.7 Å². The van der Waals surface area contributed by atoms with E-state index in [9.17, 15) is 14.9 Å². The van der Waals surface area contributed by atoms with Crippen LogP contribution in [0.15, 0.2) is 59.3 Å². The molecule has 1 aromatic carbocycles. The van der Waals surface area contributed by atoms with Crippen LogP contribution >= 0.6 is 0 Å². The molecule has 1 N–H and O–H groups in total. The van der Waals surface area contributed by atoms with Gasteiger partial charge in [0, 0.05) is 12.3 Å². The number of aromatic nitrogens is 1. The van der Waals surface area contributed by atoms with E-state index < -0.39 is 11.1 Å². The van der Waals surface area contributed by atoms with Crippen molar-refractivity contribution in [3.63, 3.8) is 0 Å². The Kier molecular flexibility index (Phi) is 4.08. The Morgan fingerprint density at radius 1 is 1.30 bits per heavy atom. The molecule has 8 heteroatoms. The molecular formula is C19H16N4O4. The SMILES string of the molecule is Cc1ccc(N[C@@H]2c3ncccc3C(=O)N2Cc2ccco2)c([N+](=O)[O-])c1.